The molecule has 0 saturated heterocycles. The fourth-order valence-corrected chi connectivity index (χ4v) is 4.72. The number of sulfone groups is 1. The predicted octanol–water partition coefficient (Wildman–Crippen LogP) is 2.88. The average molecular weight is 302 g/mol. The summed E-state index contributed by atoms with van der Waals surface area (Å²) in [6.07, 6.45) is 0. The van der Waals surface area contributed by atoms with Crippen LogP contribution in [0.5, 0.6) is 0 Å². The summed E-state index contributed by atoms with van der Waals surface area (Å²) >= 11 is 7.08. The zero-order valence-corrected chi connectivity index (χ0v) is 11.8. The molecule has 0 unspecified atom stereocenters. The second kappa shape index (κ2) is 5.40. The maximum atomic E-state index is 12.4. The highest BCUT2D eigenvalue weighted by Crippen LogP contribution is 2.31. The summed E-state index contributed by atoms with van der Waals surface area (Å²) in [7, 11) is -3.44. The third kappa shape index (κ3) is 2.59. The number of rotatable bonds is 4. The minimum absolute atomic E-state index is 0.0283. The van der Waals surface area contributed by atoms with Crippen molar-refractivity contribution in [3.63, 3.8) is 0 Å². The number of halogens is 1. The Morgan fingerprint density at radius 1 is 1.28 bits per heavy atom. The molecule has 1 aromatic carbocycles. The van der Waals surface area contributed by atoms with Gasteiger partial charge < -0.3 is 5.73 Å². The van der Waals surface area contributed by atoms with Crippen LogP contribution in [-0.2, 0) is 9.84 Å². The van der Waals surface area contributed by atoms with E-state index in [1.54, 1.807) is 41.8 Å². The minimum Gasteiger partial charge on any atom is -0.329 e. The predicted molar refractivity (Wildman–Crippen MR) is 74.8 cm³/mol. The molecule has 1 atom stereocenters. The smallest absolute Gasteiger partial charge is 0.195 e. The lowest BCUT2D eigenvalue weighted by Gasteiger charge is -2.15. The van der Waals surface area contributed by atoms with E-state index in [0.29, 0.717) is 14.8 Å². The lowest BCUT2D eigenvalue weighted by molar-refractivity contribution is 0.584. The van der Waals surface area contributed by atoms with E-state index in [0.717, 1.165) is 0 Å². The molecule has 2 rings (SSSR count). The monoisotopic (exact) mass is 301 g/mol. The molecule has 0 spiro atoms. The number of hydrogen-bond donors (Lipinski definition) is 1. The first-order valence-corrected chi connectivity index (χ1v) is 8.09. The zero-order chi connectivity index (χ0) is 13.2. The third-order valence-electron chi connectivity index (χ3n) is 2.58. The highest BCUT2D eigenvalue weighted by Gasteiger charge is 2.28. The summed E-state index contributed by atoms with van der Waals surface area (Å²) in [4.78, 5) is 0. The van der Waals surface area contributed by atoms with Crippen molar-refractivity contribution >= 4 is 32.8 Å². The number of nitrogens with two attached hydrogens (primary N) is 1. The summed E-state index contributed by atoms with van der Waals surface area (Å²) in [6.45, 7) is 0.0283. The molecular weight excluding hydrogens is 290 g/mol. The van der Waals surface area contributed by atoms with E-state index >= 15 is 0 Å². The van der Waals surface area contributed by atoms with Gasteiger partial charge in [0.2, 0.25) is 0 Å². The van der Waals surface area contributed by atoms with E-state index < -0.39 is 15.1 Å². The van der Waals surface area contributed by atoms with Crippen molar-refractivity contribution < 1.29 is 8.42 Å². The van der Waals surface area contributed by atoms with Crippen molar-refractivity contribution in [1.82, 2.24) is 0 Å². The van der Waals surface area contributed by atoms with Gasteiger partial charge in [0.1, 0.15) is 9.46 Å². The largest absolute Gasteiger partial charge is 0.329 e. The molecule has 0 saturated carbocycles. The maximum Gasteiger partial charge on any atom is 0.195 e. The highest BCUT2D eigenvalue weighted by atomic mass is 35.5. The first-order valence-electron chi connectivity index (χ1n) is 5.28. The van der Waals surface area contributed by atoms with Gasteiger partial charge in [-0.3, -0.25) is 0 Å². The Morgan fingerprint density at radius 3 is 2.61 bits per heavy atom. The Bertz CT molecular complexity index is 623. The lowest BCUT2D eigenvalue weighted by Crippen LogP contribution is -2.21. The Hall–Kier alpha value is -0.880. The van der Waals surface area contributed by atoms with Gasteiger partial charge in [-0.05, 0) is 29.1 Å². The molecular formula is C12H12ClNO2S2. The van der Waals surface area contributed by atoms with E-state index in [-0.39, 0.29) is 6.54 Å². The van der Waals surface area contributed by atoms with Crippen LogP contribution in [0.4, 0.5) is 0 Å². The number of benzene rings is 1. The quantitative estimate of drug-likeness (QED) is 0.944. The van der Waals surface area contributed by atoms with Crippen LogP contribution in [0, 0.1) is 0 Å². The van der Waals surface area contributed by atoms with Crippen molar-refractivity contribution in [1.29, 1.82) is 0 Å². The first-order chi connectivity index (χ1) is 8.55. The normalized spacial score (nSPS) is 13.4. The first kappa shape index (κ1) is 13.5. The Kier molecular flexibility index (Phi) is 4.07. The van der Waals surface area contributed by atoms with Crippen LogP contribution in [-0.4, -0.2) is 15.0 Å². The molecule has 2 N–H and O–H groups in total. The summed E-state index contributed by atoms with van der Waals surface area (Å²) in [5.41, 5.74) is 6.25. The van der Waals surface area contributed by atoms with Crippen molar-refractivity contribution in [3.8, 4) is 0 Å². The van der Waals surface area contributed by atoms with Gasteiger partial charge in [0.25, 0.3) is 0 Å². The molecule has 96 valence electrons. The van der Waals surface area contributed by atoms with Crippen molar-refractivity contribution in [2.45, 2.75) is 9.46 Å². The topological polar surface area (TPSA) is 60.2 Å². The van der Waals surface area contributed by atoms with Crippen molar-refractivity contribution in [2.75, 3.05) is 6.54 Å². The summed E-state index contributed by atoms with van der Waals surface area (Å²) in [5.74, 6) is 0. The Morgan fingerprint density at radius 2 is 2.06 bits per heavy atom. The third-order valence-corrected chi connectivity index (χ3v) is 6.38. The van der Waals surface area contributed by atoms with E-state index in [1.807, 2.05) is 0 Å². The molecule has 0 aliphatic heterocycles. The highest BCUT2D eigenvalue weighted by molar-refractivity contribution is 7.93. The van der Waals surface area contributed by atoms with Crippen LogP contribution < -0.4 is 5.73 Å². The van der Waals surface area contributed by atoms with Crippen LogP contribution in [0.2, 0.25) is 5.02 Å². The second-order valence-electron chi connectivity index (χ2n) is 3.76. The van der Waals surface area contributed by atoms with Crippen molar-refractivity contribution in [2.24, 2.45) is 5.73 Å². The molecule has 0 bridgehead atoms. The summed E-state index contributed by atoms with van der Waals surface area (Å²) in [6, 6.07) is 10.1. The lowest BCUT2D eigenvalue weighted by atomic mass is 10.1. The molecule has 6 heteroatoms. The minimum atomic E-state index is -3.44. The molecule has 0 aliphatic carbocycles. The molecule has 2 aromatic rings. The van der Waals surface area contributed by atoms with Gasteiger partial charge in [-0.2, -0.15) is 0 Å². The van der Waals surface area contributed by atoms with Crippen LogP contribution in [0.15, 0.2) is 46.0 Å². The molecule has 18 heavy (non-hydrogen) atoms. The SMILES string of the molecule is NC[C@H](c1cccc(Cl)c1)S(=O)(=O)c1cccs1. The van der Waals surface area contributed by atoms with Crippen LogP contribution in [0.25, 0.3) is 0 Å². The number of thiophene rings is 1. The van der Waals surface area contributed by atoms with Crippen molar-refractivity contribution in [3.05, 3.63) is 52.4 Å². The van der Waals surface area contributed by atoms with E-state index in [9.17, 15) is 8.42 Å². The van der Waals surface area contributed by atoms with E-state index in [4.69, 9.17) is 17.3 Å². The van der Waals surface area contributed by atoms with Gasteiger partial charge in [-0.15, -0.1) is 11.3 Å². The zero-order valence-electron chi connectivity index (χ0n) is 9.41. The molecule has 0 amide bonds. The summed E-state index contributed by atoms with van der Waals surface area (Å²) in [5, 5.41) is 1.49. The standard InChI is InChI=1S/C12H12ClNO2S2/c13-10-4-1-3-9(7-10)11(8-14)18(15,16)12-5-2-6-17-12/h1-7,11H,8,14H2/t11-/m1/s1. The fourth-order valence-electron chi connectivity index (χ4n) is 1.71. The van der Waals surface area contributed by atoms with E-state index in [1.165, 1.54) is 11.3 Å². The van der Waals surface area contributed by atoms with Gasteiger partial charge in [0, 0.05) is 11.6 Å². The fraction of sp³-hybridized carbons (Fsp3) is 0.167. The van der Waals surface area contributed by atoms with Gasteiger partial charge in [-0.25, -0.2) is 8.42 Å². The average Bonchev–Trinajstić information content (AvgIpc) is 2.83. The van der Waals surface area contributed by atoms with Gasteiger partial charge in [0.05, 0.1) is 0 Å². The maximum absolute atomic E-state index is 12.4. The van der Waals surface area contributed by atoms with Gasteiger partial charge in [-0.1, -0.05) is 29.8 Å². The van der Waals surface area contributed by atoms with Gasteiger partial charge >= 0.3 is 0 Å². The van der Waals surface area contributed by atoms with Crippen LogP contribution >= 0.6 is 22.9 Å². The molecule has 3 nitrogen and oxygen atoms in total. The summed E-state index contributed by atoms with van der Waals surface area (Å²) < 4.78 is 25.2. The van der Waals surface area contributed by atoms with Crippen LogP contribution in [0.1, 0.15) is 10.8 Å². The second-order valence-corrected chi connectivity index (χ2v) is 7.50. The molecule has 0 fully saturated rings. The van der Waals surface area contributed by atoms with Gasteiger partial charge in [0.15, 0.2) is 9.84 Å². The molecule has 0 radical (unpaired) electrons. The Labute approximate surface area is 115 Å². The number of hydrogen-bond acceptors (Lipinski definition) is 4. The molecule has 0 aliphatic rings. The Balaban J connectivity index is 2.47. The molecule has 1 heterocycles. The van der Waals surface area contributed by atoms with Crippen LogP contribution in [0.3, 0.4) is 0 Å². The molecule has 1 aromatic heterocycles. The van der Waals surface area contributed by atoms with E-state index in [2.05, 4.69) is 0 Å².